The summed E-state index contributed by atoms with van der Waals surface area (Å²) in [6.07, 6.45) is 4.97. The van der Waals surface area contributed by atoms with E-state index in [0.29, 0.717) is 0 Å². The monoisotopic (exact) mass is 427 g/mol. The zero-order chi connectivity index (χ0) is 20.9. The maximum atomic E-state index is 6.02. The average molecular weight is 428 g/mol. The van der Waals surface area contributed by atoms with E-state index in [-0.39, 0.29) is 0 Å². The Morgan fingerprint density at radius 1 is 0.774 bits per heavy atom. The molecule has 1 fully saturated rings. The Labute approximate surface area is 189 Å². The highest BCUT2D eigenvalue weighted by Crippen LogP contribution is 2.39. The number of nitrogens with zero attached hydrogens (tertiary/aromatic N) is 1. The summed E-state index contributed by atoms with van der Waals surface area (Å²) >= 11 is 1.89. The predicted molar refractivity (Wildman–Crippen MR) is 132 cm³/mol. The molecule has 0 unspecified atom stereocenters. The fourth-order valence-electron chi connectivity index (χ4n) is 4.48. The Morgan fingerprint density at radius 2 is 1.52 bits per heavy atom. The number of hydrogen-bond donors (Lipinski definition) is 0. The van der Waals surface area contributed by atoms with E-state index in [1.807, 2.05) is 11.3 Å². The summed E-state index contributed by atoms with van der Waals surface area (Å²) in [4.78, 5) is 3.90. The molecule has 0 bridgehead atoms. The second-order valence-electron chi connectivity index (χ2n) is 8.34. The lowest BCUT2D eigenvalue weighted by atomic mass is 9.99. The van der Waals surface area contributed by atoms with Gasteiger partial charge < -0.3 is 4.74 Å². The summed E-state index contributed by atoms with van der Waals surface area (Å²) < 4.78 is 7.38. The van der Waals surface area contributed by atoms with Crippen molar-refractivity contribution in [3.05, 3.63) is 90.0 Å². The van der Waals surface area contributed by atoms with E-state index in [9.17, 15) is 0 Å². The van der Waals surface area contributed by atoms with Crippen molar-refractivity contribution >= 4 is 21.4 Å². The number of rotatable bonds is 7. The number of fused-ring (bicyclic) bond motifs is 1. The van der Waals surface area contributed by atoms with Gasteiger partial charge in [0.25, 0.3) is 0 Å². The molecule has 3 aromatic carbocycles. The van der Waals surface area contributed by atoms with Gasteiger partial charge in [-0.2, -0.15) is 0 Å². The van der Waals surface area contributed by atoms with Gasteiger partial charge in [0, 0.05) is 16.1 Å². The summed E-state index contributed by atoms with van der Waals surface area (Å²) in [5, 5.41) is 1.37. The molecule has 1 aromatic heterocycles. The fourth-order valence-corrected chi connectivity index (χ4v) is 5.71. The van der Waals surface area contributed by atoms with Crippen LogP contribution in [0.15, 0.2) is 78.9 Å². The molecule has 0 aliphatic carbocycles. The van der Waals surface area contributed by atoms with Gasteiger partial charge in [-0.25, -0.2) is 0 Å². The highest BCUT2D eigenvalue weighted by Gasteiger charge is 2.14. The maximum absolute atomic E-state index is 6.02. The minimum absolute atomic E-state index is 0.771. The summed E-state index contributed by atoms with van der Waals surface area (Å²) in [5.74, 6) is 0.971. The van der Waals surface area contributed by atoms with Gasteiger partial charge in [0.2, 0.25) is 0 Å². The average Bonchev–Trinajstić information content (AvgIpc) is 3.20. The lowest BCUT2D eigenvalue weighted by Gasteiger charge is -2.26. The van der Waals surface area contributed by atoms with Crippen molar-refractivity contribution in [3.63, 3.8) is 0 Å². The fraction of sp³-hybridized carbons (Fsp3) is 0.286. The molecule has 4 aromatic rings. The third kappa shape index (κ3) is 4.84. The molecule has 0 radical (unpaired) electrons. The zero-order valence-corrected chi connectivity index (χ0v) is 18.7. The first-order valence-corrected chi connectivity index (χ1v) is 12.2. The summed E-state index contributed by atoms with van der Waals surface area (Å²) in [7, 11) is 0. The van der Waals surface area contributed by atoms with Crippen LogP contribution in [0.3, 0.4) is 0 Å². The van der Waals surface area contributed by atoms with Crippen molar-refractivity contribution in [2.75, 3.05) is 26.2 Å². The molecule has 3 heteroatoms. The highest BCUT2D eigenvalue weighted by atomic mass is 32.1. The molecule has 1 aliphatic heterocycles. The molecule has 31 heavy (non-hydrogen) atoms. The van der Waals surface area contributed by atoms with E-state index in [4.69, 9.17) is 4.74 Å². The smallest absolute Gasteiger partial charge is 0.119 e. The predicted octanol–water partition coefficient (Wildman–Crippen LogP) is 7.02. The number of hydrogen-bond acceptors (Lipinski definition) is 3. The lowest BCUT2D eigenvalue weighted by molar-refractivity contribution is 0.183. The zero-order valence-electron chi connectivity index (χ0n) is 17.9. The second-order valence-corrected chi connectivity index (χ2v) is 9.40. The molecule has 1 aliphatic rings. The standard InChI is InChI=1S/C28H29NOS/c1-3-9-23(10-4-1)28-26(25-11-5-6-12-27(25)31-28)21-22-13-15-24(16-14-22)30-20-19-29-17-7-2-8-18-29/h1,3-6,9-16H,2,7-8,17-21H2. The van der Waals surface area contributed by atoms with Crippen LogP contribution in [0.4, 0.5) is 0 Å². The van der Waals surface area contributed by atoms with Crippen LogP contribution in [0.1, 0.15) is 30.4 Å². The lowest BCUT2D eigenvalue weighted by Crippen LogP contribution is -2.33. The van der Waals surface area contributed by atoms with Crippen LogP contribution in [0.25, 0.3) is 20.5 Å². The van der Waals surface area contributed by atoms with Gasteiger partial charge in [-0.15, -0.1) is 11.3 Å². The summed E-state index contributed by atoms with van der Waals surface area (Å²) in [6.45, 7) is 4.25. The number of ether oxygens (including phenoxy) is 1. The van der Waals surface area contributed by atoms with Crippen LogP contribution in [-0.2, 0) is 6.42 Å². The Hall–Kier alpha value is -2.62. The van der Waals surface area contributed by atoms with Gasteiger partial charge in [0.05, 0.1) is 0 Å². The van der Waals surface area contributed by atoms with Crippen LogP contribution >= 0.6 is 11.3 Å². The molecule has 0 atom stereocenters. The Kier molecular flexibility index (Phi) is 6.33. The molecular weight excluding hydrogens is 398 g/mol. The van der Waals surface area contributed by atoms with Crippen LogP contribution < -0.4 is 4.74 Å². The maximum Gasteiger partial charge on any atom is 0.119 e. The van der Waals surface area contributed by atoms with Crippen molar-refractivity contribution in [1.82, 2.24) is 4.90 Å². The van der Waals surface area contributed by atoms with Gasteiger partial charge >= 0.3 is 0 Å². The first-order valence-electron chi connectivity index (χ1n) is 11.4. The van der Waals surface area contributed by atoms with Crippen molar-refractivity contribution in [2.45, 2.75) is 25.7 Å². The van der Waals surface area contributed by atoms with Crippen LogP contribution in [0.5, 0.6) is 5.75 Å². The van der Waals surface area contributed by atoms with Crippen molar-refractivity contribution < 1.29 is 4.74 Å². The largest absolute Gasteiger partial charge is 0.492 e. The molecule has 0 N–H and O–H groups in total. The number of benzene rings is 3. The SMILES string of the molecule is c1ccc(-c2sc3ccccc3c2Cc2ccc(OCCN3CCCCC3)cc2)cc1. The normalized spacial score (nSPS) is 14.7. The minimum Gasteiger partial charge on any atom is -0.492 e. The Morgan fingerprint density at radius 3 is 2.32 bits per heavy atom. The van der Waals surface area contributed by atoms with E-state index >= 15 is 0 Å². The van der Waals surface area contributed by atoms with E-state index in [0.717, 1.165) is 25.3 Å². The van der Waals surface area contributed by atoms with Gasteiger partial charge in [-0.05, 0) is 72.6 Å². The van der Waals surface area contributed by atoms with Crippen molar-refractivity contribution in [2.24, 2.45) is 0 Å². The third-order valence-electron chi connectivity index (χ3n) is 6.16. The van der Waals surface area contributed by atoms with Gasteiger partial charge in [-0.3, -0.25) is 4.90 Å². The molecule has 0 spiro atoms. The number of likely N-dealkylation sites (tertiary alicyclic amines) is 1. The molecule has 0 amide bonds. The molecular formula is C28H29NOS. The van der Waals surface area contributed by atoms with Gasteiger partial charge in [-0.1, -0.05) is 67.1 Å². The van der Waals surface area contributed by atoms with E-state index in [1.54, 1.807) is 0 Å². The molecule has 2 heterocycles. The topological polar surface area (TPSA) is 12.5 Å². The van der Waals surface area contributed by atoms with E-state index < -0.39 is 0 Å². The molecule has 1 saturated heterocycles. The number of thiophene rings is 1. The summed E-state index contributed by atoms with van der Waals surface area (Å²) in [6, 6.07) is 28.2. The Bertz CT molecular complexity index is 1110. The van der Waals surface area contributed by atoms with Crippen molar-refractivity contribution in [3.8, 4) is 16.2 Å². The van der Waals surface area contributed by atoms with Crippen LogP contribution in [-0.4, -0.2) is 31.1 Å². The molecule has 158 valence electrons. The van der Waals surface area contributed by atoms with Crippen LogP contribution in [0, 0.1) is 0 Å². The van der Waals surface area contributed by atoms with Crippen LogP contribution in [0.2, 0.25) is 0 Å². The minimum atomic E-state index is 0.771. The van der Waals surface area contributed by atoms with E-state index in [2.05, 4.69) is 83.8 Å². The van der Waals surface area contributed by atoms with E-state index in [1.165, 1.54) is 64.0 Å². The first kappa shape index (κ1) is 20.3. The molecule has 0 saturated carbocycles. The van der Waals surface area contributed by atoms with Gasteiger partial charge in [0.15, 0.2) is 0 Å². The quantitative estimate of drug-likeness (QED) is 0.314. The third-order valence-corrected chi connectivity index (χ3v) is 7.43. The Balaban J connectivity index is 1.30. The molecule has 2 nitrogen and oxygen atoms in total. The first-order chi connectivity index (χ1) is 15.4. The number of piperidine rings is 1. The summed E-state index contributed by atoms with van der Waals surface area (Å²) in [5.41, 5.74) is 4.05. The molecule has 5 rings (SSSR count). The van der Waals surface area contributed by atoms with Crippen molar-refractivity contribution in [1.29, 1.82) is 0 Å². The highest BCUT2D eigenvalue weighted by molar-refractivity contribution is 7.22. The second kappa shape index (κ2) is 9.67. The van der Waals surface area contributed by atoms with Gasteiger partial charge in [0.1, 0.15) is 12.4 Å².